The Morgan fingerprint density at radius 2 is 2.00 bits per heavy atom. The molecule has 0 radical (unpaired) electrons. The maximum Gasteiger partial charge on any atom is 0.412 e. The molecule has 186 valence electrons. The number of hydrogen-bond donors (Lipinski definition) is 4. The summed E-state index contributed by atoms with van der Waals surface area (Å²) in [5.41, 5.74) is -1.34. The van der Waals surface area contributed by atoms with Crippen LogP contribution in [0.15, 0.2) is 11.0 Å². The molecule has 0 bridgehead atoms. The molecular formula is C20H30FN3O9. The van der Waals surface area contributed by atoms with Gasteiger partial charge in [0, 0.05) is 12.3 Å². The molecule has 12 nitrogen and oxygen atoms in total. The maximum absolute atomic E-state index is 15.0. The number of nitrogens with zero attached hydrogens (tertiary/aromatic N) is 2. The Labute approximate surface area is 204 Å². The van der Waals surface area contributed by atoms with Crippen molar-refractivity contribution in [3.05, 3.63) is 22.5 Å². The third-order valence-corrected chi connectivity index (χ3v) is 4.92. The zero-order valence-corrected chi connectivity index (χ0v) is 17.3. The number of halogens is 1. The molecule has 13 heteroatoms. The van der Waals surface area contributed by atoms with Crippen molar-refractivity contribution >= 4 is 11.9 Å². The van der Waals surface area contributed by atoms with E-state index in [1.165, 1.54) is 19.2 Å². The molecule has 4 N–H and O–H groups in total. The second-order valence-electron chi connectivity index (χ2n) is 7.13. The highest BCUT2D eigenvalue weighted by Crippen LogP contribution is 2.34. The van der Waals surface area contributed by atoms with Gasteiger partial charge in [-0.1, -0.05) is 19.6 Å². The van der Waals surface area contributed by atoms with Gasteiger partial charge in [-0.15, -0.1) is 0 Å². The zero-order valence-electron chi connectivity index (χ0n) is 28.3. The Morgan fingerprint density at radius 3 is 2.67 bits per heavy atom. The summed E-state index contributed by atoms with van der Waals surface area (Å²) in [6.07, 6.45) is -24.6. The van der Waals surface area contributed by atoms with Gasteiger partial charge in [0.2, 0.25) is 0 Å². The summed E-state index contributed by atoms with van der Waals surface area (Å²) in [7, 11) is 0. The number of anilines is 1. The quantitative estimate of drug-likeness (QED) is 0.401. The Balaban J connectivity index is 1.82. The molecule has 0 aromatic carbocycles. The summed E-state index contributed by atoms with van der Waals surface area (Å²) in [5, 5.41) is 32.1. The lowest BCUT2D eigenvalue weighted by molar-refractivity contribution is -0.216. The zero-order chi connectivity index (χ0) is 34.0. The highest BCUT2D eigenvalue weighted by molar-refractivity contribution is 5.83. The molecule has 1 aromatic heterocycles. The van der Waals surface area contributed by atoms with Gasteiger partial charge in [0.15, 0.2) is 24.2 Å². The Morgan fingerprint density at radius 1 is 1.27 bits per heavy atom. The van der Waals surface area contributed by atoms with E-state index in [1.807, 2.05) is 0 Å². The average molecular weight is 487 g/mol. The fourth-order valence-electron chi connectivity index (χ4n) is 3.23. The van der Waals surface area contributed by atoms with E-state index in [-0.39, 0.29) is 0 Å². The van der Waals surface area contributed by atoms with E-state index < -0.39 is 105 Å². The van der Waals surface area contributed by atoms with Crippen LogP contribution >= 0.6 is 0 Å². The molecule has 2 saturated heterocycles. The normalized spacial score (nSPS) is 41.0. The summed E-state index contributed by atoms with van der Waals surface area (Å²) in [6, 6.07) is 0. The molecule has 0 saturated carbocycles. The molecule has 8 atom stereocenters. The number of carbonyl (C=O) groups is 1. The van der Waals surface area contributed by atoms with E-state index in [0.29, 0.717) is 10.8 Å². The number of carbonyl (C=O) groups excluding carboxylic acids is 1. The first-order valence-electron chi connectivity index (χ1n) is 15.1. The summed E-state index contributed by atoms with van der Waals surface area (Å²) in [5.74, 6) is -2.68. The average Bonchev–Trinajstić information content (AvgIpc) is 3.29. The number of aliphatic hydroxyl groups is 3. The summed E-state index contributed by atoms with van der Waals surface area (Å²) < 4.78 is 119. The topological polar surface area (TPSA) is 162 Å². The predicted octanol–water partition coefficient (Wildman–Crippen LogP) is 0.251. The Kier molecular flexibility index (Phi) is 4.70. The van der Waals surface area contributed by atoms with Crippen molar-refractivity contribution in [3.63, 3.8) is 0 Å². The van der Waals surface area contributed by atoms with Crippen molar-refractivity contribution in [3.8, 4) is 0 Å². The van der Waals surface area contributed by atoms with Gasteiger partial charge in [0.25, 0.3) is 0 Å². The lowest BCUT2D eigenvalue weighted by atomic mass is 10.1. The molecule has 3 rings (SSSR count). The van der Waals surface area contributed by atoms with Crippen molar-refractivity contribution in [2.75, 3.05) is 11.9 Å². The molecular weight excluding hydrogens is 445 g/mol. The van der Waals surface area contributed by atoms with Crippen LogP contribution in [0.3, 0.4) is 0 Å². The van der Waals surface area contributed by atoms with Crippen LogP contribution in [0.2, 0.25) is 0 Å². The van der Waals surface area contributed by atoms with Crippen LogP contribution < -0.4 is 11.0 Å². The second-order valence-corrected chi connectivity index (χ2v) is 7.13. The summed E-state index contributed by atoms with van der Waals surface area (Å²) >= 11 is 0. The van der Waals surface area contributed by atoms with Gasteiger partial charge >= 0.3 is 11.8 Å². The Bertz CT molecular complexity index is 1300. The van der Waals surface area contributed by atoms with Crippen molar-refractivity contribution in [2.24, 2.45) is 0 Å². The fourth-order valence-corrected chi connectivity index (χ4v) is 3.23. The van der Waals surface area contributed by atoms with Gasteiger partial charge in [-0.25, -0.2) is 14.0 Å². The number of hydrogen-bond acceptors (Lipinski definition) is 10. The number of amides is 1. The highest BCUT2D eigenvalue weighted by atomic mass is 19.1. The monoisotopic (exact) mass is 486 g/mol. The van der Waals surface area contributed by atoms with Crippen LogP contribution in [0.4, 0.5) is 15.0 Å². The van der Waals surface area contributed by atoms with Crippen LogP contribution in [0.1, 0.15) is 61.1 Å². The van der Waals surface area contributed by atoms with Gasteiger partial charge in [0.1, 0.15) is 24.4 Å². The van der Waals surface area contributed by atoms with Crippen LogP contribution in [0.25, 0.3) is 0 Å². The number of ether oxygens (including phenoxy) is 4. The van der Waals surface area contributed by atoms with Gasteiger partial charge in [-0.05, 0) is 20.2 Å². The van der Waals surface area contributed by atoms with E-state index in [9.17, 15) is 29.3 Å². The summed E-state index contributed by atoms with van der Waals surface area (Å²) in [4.78, 5) is 28.4. The lowest BCUT2D eigenvalue weighted by Crippen LogP contribution is -2.43. The first-order chi connectivity index (χ1) is 19.8. The number of rotatable bonds is 8. The predicted molar refractivity (Wildman–Crippen MR) is 110 cm³/mol. The molecule has 3 unspecified atom stereocenters. The van der Waals surface area contributed by atoms with E-state index in [0.717, 1.165) is 0 Å². The van der Waals surface area contributed by atoms with E-state index >= 15 is 0 Å². The molecule has 0 spiro atoms. The first-order valence-corrected chi connectivity index (χ1v) is 9.57. The number of aromatic nitrogens is 2. The molecule has 33 heavy (non-hydrogen) atoms. The molecule has 3 heterocycles. The minimum atomic E-state index is -4.15. The Hall–Kier alpha value is -2.16. The second kappa shape index (κ2) is 10.8. The number of nitrogens with one attached hydrogen (secondary N) is 1. The highest BCUT2D eigenvalue weighted by Gasteiger charge is 2.49. The minimum Gasteiger partial charge on any atom is -0.449 e. The lowest BCUT2D eigenvalue weighted by Gasteiger charge is -2.26. The van der Waals surface area contributed by atoms with E-state index in [1.54, 1.807) is 0 Å². The number of aliphatic hydroxyl groups excluding tert-OH is 3. The first kappa shape index (κ1) is 14.3. The molecule has 0 aliphatic carbocycles. The molecule has 2 fully saturated rings. The van der Waals surface area contributed by atoms with Crippen molar-refractivity contribution in [1.82, 2.24) is 9.55 Å². The van der Waals surface area contributed by atoms with Gasteiger partial charge < -0.3 is 34.3 Å². The molecule has 1 amide bonds. The smallest absolute Gasteiger partial charge is 0.412 e. The van der Waals surface area contributed by atoms with Crippen LogP contribution in [-0.2, 0) is 18.9 Å². The molecule has 1 aromatic rings. The molecule has 2 aliphatic heterocycles. The maximum atomic E-state index is 15.0. The van der Waals surface area contributed by atoms with Crippen LogP contribution in [0, 0.1) is 5.82 Å². The van der Waals surface area contributed by atoms with Gasteiger partial charge in [-0.2, -0.15) is 4.98 Å². The largest absolute Gasteiger partial charge is 0.449 e. The molecule has 2 aliphatic rings. The van der Waals surface area contributed by atoms with Crippen LogP contribution in [-0.4, -0.2) is 80.4 Å². The van der Waals surface area contributed by atoms with Crippen molar-refractivity contribution < 1.29 is 58.5 Å². The van der Waals surface area contributed by atoms with Gasteiger partial charge in [-0.3, -0.25) is 9.88 Å². The third kappa shape index (κ3) is 5.67. The summed E-state index contributed by atoms with van der Waals surface area (Å²) in [6.45, 7) is -5.03. The van der Waals surface area contributed by atoms with E-state index in [4.69, 9.17) is 29.3 Å². The third-order valence-electron chi connectivity index (χ3n) is 4.92. The minimum absolute atomic E-state index is 0.442. The van der Waals surface area contributed by atoms with Gasteiger partial charge in [0.05, 0.1) is 27.7 Å². The standard InChI is InChI=1S/C20H30FN3O9/c1-4-5-6-7-30-20(29)23-16-11(21)8-24(19(28)22-16)17-15(13(26)10(3)31-17)33-18-14(27)12(25)9(2)32-18/h8-10,12-15,17-18,25-27H,4-7H2,1-3H3,(H,22,23,28,29)/t9-,10-,12?,13?,14?,15-,17-,18+/m1/s1/i1D3,4D2,5D2,6D2,7D2. The van der Waals surface area contributed by atoms with E-state index in [2.05, 4.69) is 9.72 Å². The van der Waals surface area contributed by atoms with Crippen molar-refractivity contribution in [1.29, 1.82) is 0 Å². The fraction of sp³-hybridized carbons (Fsp3) is 0.750. The van der Waals surface area contributed by atoms with Crippen LogP contribution in [0.5, 0.6) is 0 Å². The van der Waals surface area contributed by atoms with Crippen molar-refractivity contribution in [2.45, 2.75) is 89.0 Å². The SMILES string of the molecule is [2H]C([2H])([2H])C([2H])([2H])C([2H])([2H])C([2H])([2H])C([2H])([2H])OC(=O)Nc1nc(=O)n([C@@H]2O[C@H](C)C(O)[C@H]2O[C@@H]2O[C@H](C)C(O)C2O)cc1F.